The summed E-state index contributed by atoms with van der Waals surface area (Å²) >= 11 is 0. The first-order valence-electron chi connectivity index (χ1n) is 21.7. The van der Waals surface area contributed by atoms with E-state index in [9.17, 15) is 0 Å². The Kier molecular flexibility index (Phi) is 7.59. The molecule has 0 unspecified atom stereocenters. The van der Waals surface area contributed by atoms with E-state index in [0.29, 0.717) is 5.56 Å². The van der Waals surface area contributed by atoms with Crippen LogP contribution in [0.25, 0.3) is 77.2 Å². The van der Waals surface area contributed by atoms with Gasteiger partial charge < -0.3 is 4.90 Å². The van der Waals surface area contributed by atoms with Gasteiger partial charge in [0.15, 0.2) is 0 Å². The molecular weight excluding hydrogens is 687 g/mol. The number of para-hydroxylation sites is 1. The summed E-state index contributed by atoms with van der Waals surface area (Å²) in [5, 5.41) is 4.82. The van der Waals surface area contributed by atoms with E-state index in [1.165, 1.54) is 21.5 Å². The Labute approximate surface area is 341 Å². The average Bonchev–Trinajstić information content (AvgIpc) is 3.34. The third-order valence-electron chi connectivity index (χ3n) is 10.8. The molecule has 0 radical (unpaired) electrons. The van der Waals surface area contributed by atoms with Crippen LogP contribution < -0.4 is 4.90 Å². The van der Waals surface area contributed by atoms with Gasteiger partial charge in [0.2, 0.25) is 0 Å². The van der Waals surface area contributed by atoms with Crippen LogP contribution in [0.1, 0.15) is 6.85 Å². The summed E-state index contributed by atoms with van der Waals surface area (Å²) in [5.41, 5.74) is 12.3. The van der Waals surface area contributed by atoms with E-state index in [0.717, 1.165) is 61.6 Å². The van der Waals surface area contributed by atoms with Crippen LogP contribution in [0.5, 0.6) is 0 Å². The first-order chi connectivity index (χ1) is 30.4. The van der Waals surface area contributed by atoms with Crippen LogP contribution in [0.3, 0.4) is 0 Å². The minimum atomic E-state index is -0.407. The van der Waals surface area contributed by atoms with Crippen LogP contribution in [0.4, 0.5) is 17.1 Å². The molecule has 0 fully saturated rings. The standard InChI is InChI=1S/C56H39N/c1-3-17-40(18-4-1)41-31-35-45(36-32-41)57(46-37-33-43(34-38-46)55-39-44-21-7-8-23-48(44)50-25-11-14-28-53(50)55)56-30-16-15-29-54(56)52-27-13-12-26-51(52)49-24-10-9-22-47(49)42-19-5-2-6-20-42/h1-39H/i1D,3D,4D,17D,18D. The number of benzene rings is 10. The van der Waals surface area contributed by atoms with Crippen molar-refractivity contribution in [1.82, 2.24) is 0 Å². The van der Waals surface area contributed by atoms with Crippen molar-refractivity contribution < 1.29 is 6.85 Å². The molecule has 0 atom stereocenters. The molecule has 10 rings (SSSR count). The van der Waals surface area contributed by atoms with E-state index in [2.05, 4.69) is 181 Å². The zero-order chi connectivity index (χ0) is 42.3. The largest absolute Gasteiger partial charge is 0.310 e. The van der Waals surface area contributed by atoms with Gasteiger partial charge in [-0.15, -0.1) is 0 Å². The minimum absolute atomic E-state index is 0.174. The second-order valence-electron chi connectivity index (χ2n) is 14.1. The molecule has 0 aliphatic carbocycles. The van der Waals surface area contributed by atoms with E-state index >= 15 is 0 Å². The molecule has 57 heavy (non-hydrogen) atoms. The average molecular weight is 731 g/mol. The van der Waals surface area contributed by atoms with E-state index < -0.39 is 6.04 Å². The Morgan fingerprint density at radius 1 is 0.298 bits per heavy atom. The highest BCUT2D eigenvalue weighted by atomic mass is 15.1. The quantitative estimate of drug-likeness (QED) is 0.141. The Morgan fingerprint density at radius 3 is 1.46 bits per heavy atom. The van der Waals surface area contributed by atoms with Gasteiger partial charge in [-0.2, -0.15) is 0 Å². The number of nitrogens with zero attached hydrogens (tertiary/aromatic N) is 1. The lowest BCUT2D eigenvalue weighted by Gasteiger charge is -2.29. The molecule has 0 aromatic heterocycles. The molecular formula is C56H39N. The van der Waals surface area contributed by atoms with E-state index in [1.807, 2.05) is 30.3 Å². The fourth-order valence-electron chi connectivity index (χ4n) is 8.12. The Hall–Kier alpha value is -7.48. The van der Waals surface area contributed by atoms with Crippen molar-refractivity contribution in [3.05, 3.63) is 236 Å². The van der Waals surface area contributed by atoms with Crippen LogP contribution >= 0.6 is 0 Å². The molecule has 0 heterocycles. The third kappa shape index (κ3) is 6.46. The topological polar surface area (TPSA) is 3.24 Å². The molecule has 0 saturated carbocycles. The van der Waals surface area contributed by atoms with Gasteiger partial charge in [-0.05, 0) is 108 Å². The number of hydrogen-bond acceptors (Lipinski definition) is 1. The monoisotopic (exact) mass is 730 g/mol. The van der Waals surface area contributed by atoms with Gasteiger partial charge in [-0.1, -0.05) is 200 Å². The second kappa shape index (κ2) is 15.0. The maximum absolute atomic E-state index is 8.67. The molecule has 10 aromatic rings. The lowest BCUT2D eigenvalue weighted by Crippen LogP contribution is -2.11. The summed E-state index contributed by atoms with van der Waals surface area (Å²) in [4.78, 5) is 2.24. The zero-order valence-corrected chi connectivity index (χ0v) is 31.1. The Bertz CT molecular complexity index is 3260. The maximum atomic E-state index is 8.67. The predicted molar refractivity (Wildman–Crippen MR) is 243 cm³/mol. The third-order valence-corrected chi connectivity index (χ3v) is 10.8. The minimum Gasteiger partial charge on any atom is -0.310 e. The van der Waals surface area contributed by atoms with Gasteiger partial charge in [0.1, 0.15) is 0 Å². The summed E-state index contributed by atoms with van der Waals surface area (Å²) in [5.74, 6) is 0. The molecule has 0 N–H and O–H groups in total. The normalized spacial score (nSPS) is 12.4. The van der Waals surface area contributed by atoms with E-state index in [1.54, 1.807) is 0 Å². The molecule has 10 aromatic carbocycles. The molecule has 1 nitrogen and oxygen atoms in total. The molecule has 268 valence electrons. The number of hydrogen-bond donors (Lipinski definition) is 0. The fourth-order valence-corrected chi connectivity index (χ4v) is 8.12. The molecule has 0 bridgehead atoms. The summed E-state index contributed by atoms with van der Waals surface area (Å²) in [7, 11) is 0. The van der Waals surface area contributed by atoms with Crippen molar-refractivity contribution in [2.45, 2.75) is 0 Å². The second-order valence-corrected chi connectivity index (χ2v) is 14.1. The van der Waals surface area contributed by atoms with Crippen molar-refractivity contribution >= 4 is 38.6 Å². The number of anilines is 3. The van der Waals surface area contributed by atoms with Gasteiger partial charge in [0.25, 0.3) is 0 Å². The van der Waals surface area contributed by atoms with Gasteiger partial charge in [0.05, 0.1) is 12.5 Å². The highest BCUT2D eigenvalue weighted by molar-refractivity contribution is 6.13. The summed E-state index contributed by atoms with van der Waals surface area (Å²) in [6.45, 7) is 0. The summed E-state index contributed by atoms with van der Waals surface area (Å²) in [6.07, 6.45) is 0. The molecule has 1 heteroatoms. The van der Waals surface area contributed by atoms with Gasteiger partial charge in [-0.3, -0.25) is 0 Å². The Balaban J connectivity index is 1.15. The molecule has 0 amide bonds. The van der Waals surface area contributed by atoms with Crippen molar-refractivity contribution in [3.63, 3.8) is 0 Å². The highest BCUT2D eigenvalue weighted by Crippen LogP contribution is 2.46. The van der Waals surface area contributed by atoms with Crippen LogP contribution in [-0.4, -0.2) is 0 Å². The molecule has 0 aliphatic heterocycles. The first kappa shape index (κ1) is 28.9. The molecule has 0 spiro atoms. The summed E-state index contributed by atoms with van der Waals surface area (Å²) < 4.78 is 42.1. The van der Waals surface area contributed by atoms with E-state index in [4.69, 9.17) is 6.85 Å². The van der Waals surface area contributed by atoms with Crippen LogP contribution in [-0.2, 0) is 0 Å². The lowest BCUT2D eigenvalue weighted by atomic mass is 9.88. The van der Waals surface area contributed by atoms with E-state index in [-0.39, 0.29) is 29.7 Å². The molecule has 0 aliphatic rings. The van der Waals surface area contributed by atoms with Crippen LogP contribution in [0.15, 0.2) is 236 Å². The van der Waals surface area contributed by atoms with Gasteiger partial charge in [-0.25, -0.2) is 0 Å². The number of rotatable bonds is 8. The van der Waals surface area contributed by atoms with Crippen molar-refractivity contribution in [1.29, 1.82) is 0 Å². The van der Waals surface area contributed by atoms with Crippen molar-refractivity contribution in [3.8, 4) is 55.6 Å². The summed E-state index contributed by atoms with van der Waals surface area (Å²) in [6, 6.07) is 70.2. The first-order valence-corrected chi connectivity index (χ1v) is 19.2. The Morgan fingerprint density at radius 2 is 0.772 bits per heavy atom. The predicted octanol–water partition coefficient (Wildman–Crippen LogP) is 15.8. The van der Waals surface area contributed by atoms with Gasteiger partial charge >= 0.3 is 0 Å². The zero-order valence-electron chi connectivity index (χ0n) is 36.1. The lowest BCUT2D eigenvalue weighted by molar-refractivity contribution is 1.28. The highest BCUT2D eigenvalue weighted by Gasteiger charge is 2.20. The SMILES string of the molecule is [2H]c1c([2H])c([2H])c(-c2ccc(N(c3ccc(-c4cc5ccccc5c5ccccc45)cc3)c3ccccc3-c3ccccc3-c3ccccc3-c3ccccc3)cc2)c([2H])c1[2H]. The number of fused-ring (bicyclic) bond motifs is 3. The van der Waals surface area contributed by atoms with Crippen LogP contribution in [0.2, 0.25) is 0 Å². The van der Waals surface area contributed by atoms with Gasteiger partial charge in [0, 0.05) is 16.9 Å². The molecule has 0 saturated heterocycles. The van der Waals surface area contributed by atoms with Crippen LogP contribution in [0, 0.1) is 0 Å². The fraction of sp³-hybridized carbons (Fsp3) is 0. The maximum Gasteiger partial charge on any atom is 0.0629 e. The smallest absolute Gasteiger partial charge is 0.0629 e. The van der Waals surface area contributed by atoms with Crippen molar-refractivity contribution in [2.24, 2.45) is 0 Å². The van der Waals surface area contributed by atoms with Crippen molar-refractivity contribution in [2.75, 3.05) is 4.90 Å².